The number of hydrogen-bond acceptors (Lipinski definition) is 11. The molecule has 0 amide bonds. The van der Waals surface area contributed by atoms with Crippen LogP contribution in [0.4, 0.5) is 23.5 Å². The maximum absolute atomic E-state index is 9.66. The molecular formula is C20H32N10O. The maximum Gasteiger partial charge on any atom is 0.233 e. The number of nitrogens with two attached hydrogens (primary N) is 4. The van der Waals surface area contributed by atoms with Gasteiger partial charge in [0.1, 0.15) is 0 Å². The van der Waals surface area contributed by atoms with Crippen molar-refractivity contribution in [3.63, 3.8) is 0 Å². The van der Waals surface area contributed by atoms with E-state index < -0.39 is 0 Å². The monoisotopic (exact) mass is 428 g/mol. The fourth-order valence-corrected chi connectivity index (χ4v) is 4.28. The third-order valence-electron chi connectivity index (χ3n) is 5.64. The van der Waals surface area contributed by atoms with Crippen LogP contribution in [0, 0.1) is 0 Å². The van der Waals surface area contributed by atoms with Crippen LogP contribution in [0.5, 0.6) is 0 Å². The second-order valence-electron chi connectivity index (χ2n) is 8.52. The number of anilines is 4. The van der Waals surface area contributed by atoms with E-state index in [1.165, 1.54) is 0 Å². The van der Waals surface area contributed by atoms with Crippen molar-refractivity contribution in [2.24, 2.45) is 22.9 Å². The van der Waals surface area contributed by atoms with Crippen LogP contribution in [0.1, 0.15) is 18.4 Å². The Morgan fingerprint density at radius 2 is 1.29 bits per heavy atom. The van der Waals surface area contributed by atoms with Gasteiger partial charge in [-0.25, -0.2) is 0 Å². The molecule has 2 aliphatic rings. The highest BCUT2D eigenvalue weighted by Crippen LogP contribution is 2.25. The number of aromatic nitrogens is 3. The highest BCUT2D eigenvalue weighted by molar-refractivity contribution is 5.60. The number of hydrogen-bond donors (Lipinski definition) is 6. The summed E-state index contributed by atoms with van der Waals surface area (Å²) in [6.45, 7) is 2.36. The first-order valence-corrected chi connectivity index (χ1v) is 10.7. The van der Waals surface area contributed by atoms with Crippen LogP contribution in [0.3, 0.4) is 0 Å². The molecule has 2 aliphatic heterocycles. The quantitative estimate of drug-likeness (QED) is 0.338. The summed E-state index contributed by atoms with van der Waals surface area (Å²) in [5, 5.41) is 12.9. The summed E-state index contributed by atoms with van der Waals surface area (Å²) in [5.74, 6) is 1.39. The SMILES string of the molecule is NC1CC(N)CN(c2nc(Nc3ccccc3CO)nc(N3CC(N)CC(N)C3)n2)C1. The summed E-state index contributed by atoms with van der Waals surface area (Å²) in [4.78, 5) is 18.0. The number of aliphatic hydroxyl groups is 1. The van der Waals surface area contributed by atoms with Crippen LogP contribution in [-0.2, 0) is 6.61 Å². The van der Waals surface area contributed by atoms with Crippen molar-refractivity contribution in [1.29, 1.82) is 0 Å². The second-order valence-corrected chi connectivity index (χ2v) is 8.52. The van der Waals surface area contributed by atoms with Crippen LogP contribution in [0.15, 0.2) is 24.3 Å². The van der Waals surface area contributed by atoms with Crippen LogP contribution >= 0.6 is 0 Å². The van der Waals surface area contributed by atoms with Gasteiger partial charge >= 0.3 is 0 Å². The average Bonchev–Trinajstić information content (AvgIpc) is 2.72. The Balaban J connectivity index is 1.69. The van der Waals surface area contributed by atoms with Gasteiger partial charge in [0, 0.05) is 61.6 Å². The summed E-state index contributed by atoms with van der Waals surface area (Å²) in [7, 11) is 0. The number of nitrogens with zero attached hydrogens (tertiary/aromatic N) is 5. The number of piperidine rings is 2. The summed E-state index contributed by atoms with van der Waals surface area (Å²) in [6.07, 6.45) is 1.53. The number of rotatable bonds is 5. The Bertz CT molecular complexity index is 832. The Hall–Kier alpha value is -2.57. The molecule has 4 atom stereocenters. The van der Waals surface area contributed by atoms with E-state index in [0.29, 0.717) is 44.0 Å². The predicted molar refractivity (Wildman–Crippen MR) is 121 cm³/mol. The zero-order valence-electron chi connectivity index (χ0n) is 17.6. The van der Waals surface area contributed by atoms with Gasteiger partial charge < -0.3 is 43.2 Å². The highest BCUT2D eigenvalue weighted by Gasteiger charge is 2.28. The van der Waals surface area contributed by atoms with Crippen molar-refractivity contribution in [1.82, 2.24) is 15.0 Å². The molecule has 4 unspecified atom stereocenters. The van der Waals surface area contributed by atoms with E-state index in [-0.39, 0.29) is 30.8 Å². The molecule has 0 bridgehead atoms. The average molecular weight is 429 g/mol. The molecule has 31 heavy (non-hydrogen) atoms. The van der Waals surface area contributed by atoms with E-state index in [1.54, 1.807) is 0 Å². The molecule has 168 valence electrons. The third-order valence-corrected chi connectivity index (χ3v) is 5.64. The van der Waals surface area contributed by atoms with Gasteiger partial charge in [0.25, 0.3) is 0 Å². The number of nitrogens with one attached hydrogen (secondary N) is 1. The van der Waals surface area contributed by atoms with Crippen molar-refractivity contribution >= 4 is 23.5 Å². The minimum atomic E-state index is -0.0976. The van der Waals surface area contributed by atoms with E-state index in [4.69, 9.17) is 27.9 Å². The first kappa shape index (κ1) is 21.7. The lowest BCUT2D eigenvalue weighted by atomic mass is 10.0. The molecule has 0 saturated carbocycles. The topological polar surface area (TPSA) is 181 Å². The molecule has 11 heteroatoms. The Kier molecular flexibility index (Phi) is 6.49. The Labute approximate surface area is 181 Å². The van der Waals surface area contributed by atoms with E-state index in [1.807, 2.05) is 34.1 Å². The molecule has 10 N–H and O–H groups in total. The molecule has 1 aromatic heterocycles. The minimum Gasteiger partial charge on any atom is -0.392 e. The maximum atomic E-state index is 9.66. The van der Waals surface area contributed by atoms with Gasteiger partial charge in [-0.05, 0) is 18.9 Å². The highest BCUT2D eigenvalue weighted by atomic mass is 16.3. The van der Waals surface area contributed by atoms with Gasteiger partial charge in [-0.15, -0.1) is 0 Å². The van der Waals surface area contributed by atoms with Crippen molar-refractivity contribution in [3.05, 3.63) is 29.8 Å². The van der Waals surface area contributed by atoms with Gasteiger partial charge in [-0.3, -0.25) is 0 Å². The number of aliphatic hydroxyl groups excluding tert-OH is 1. The summed E-state index contributed by atoms with van der Waals surface area (Å²) < 4.78 is 0. The van der Waals surface area contributed by atoms with Crippen LogP contribution in [0.25, 0.3) is 0 Å². The van der Waals surface area contributed by atoms with E-state index >= 15 is 0 Å². The number of benzene rings is 1. The largest absolute Gasteiger partial charge is 0.392 e. The lowest BCUT2D eigenvalue weighted by molar-refractivity contribution is 0.282. The van der Waals surface area contributed by atoms with Crippen LogP contribution in [-0.4, -0.2) is 70.4 Å². The van der Waals surface area contributed by atoms with Gasteiger partial charge in [0.05, 0.1) is 6.61 Å². The van der Waals surface area contributed by atoms with E-state index in [9.17, 15) is 5.11 Å². The molecule has 4 rings (SSSR count). The Morgan fingerprint density at radius 1 is 0.806 bits per heavy atom. The van der Waals surface area contributed by atoms with Gasteiger partial charge in [-0.2, -0.15) is 15.0 Å². The molecule has 0 radical (unpaired) electrons. The molecular weight excluding hydrogens is 396 g/mol. The normalized spacial score (nSPS) is 26.7. The fourth-order valence-electron chi connectivity index (χ4n) is 4.28. The van der Waals surface area contributed by atoms with Gasteiger partial charge in [0.15, 0.2) is 0 Å². The molecule has 11 nitrogen and oxygen atoms in total. The lowest BCUT2D eigenvalue weighted by Crippen LogP contribution is -2.54. The fraction of sp³-hybridized carbons (Fsp3) is 0.550. The third kappa shape index (κ3) is 5.20. The first-order chi connectivity index (χ1) is 14.9. The van der Waals surface area contributed by atoms with Crippen molar-refractivity contribution in [2.45, 2.75) is 43.6 Å². The molecule has 2 aromatic rings. The second kappa shape index (κ2) is 9.28. The van der Waals surface area contributed by atoms with Crippen molar-refractivity contribution in [3.8, 4) is 0 Å². The predicted octanol–water partition coefficient (Wildman–Crippen LogP) is -1.16. The van der Waals surface area contributed by atoms with Crippen molar-refractivity contribution < 1.29 is 5.11 Å². The lowest BCUT2D eigenvalue weighted by Gasteiger charge is -2.37. The van der Waals surface area contributed by atoms with Gasteiger partial charge in [-0.1, -0.05) is 18.2 Å². The van der Waals surface area contributed by atoms with E-state index in [0.717, 1.165) is 24.1 Å². The molecule has 0 spiro atoms. The summed E-state index contributed by atoms with van der Waals surface area (Å²) in [5.41, 5.74) is 26.2. The first-order valence-electron chi connectivity index (χ1n) is 10.7. The molecule has 1 aromatic carbocycles. The van der Waals surface area contributed by atoms with Gasteiger partial charge in [0.2, 0.25) is 17.8 Å². The molecule has 2 saturated heterocycles. The zero-order valence-corrected chi connectivity index (χ0v) is 17.6. The zero-order chi connectivity index (χ0) is 22.0. The summed E-state index contributed by atoms with van der Waals surface area (Å²) in [6, 6.07) is 7.27. The minimum absolute atomic E-state index is 0.0488. The number of para-hydroxylation sites is 1. The molecule has 0 aliphatic carbocycles. The standard InChI is InChI=1S/C20H32N10O/c21-13-5-14(22)8-29(7-13)19-26-18(25-17-4-2-1-3-12(17)11-31)27-20(28-19)30-9-15(23)6-16(24)10-30/h1-4,13-16,31H,5-11,21-24H2,(H,25,26,27,28). The van der Waals surface area contributed by atoms with Crippen LogP contribution < -0.4 is 38.1 Å². The molecule has 2 fully saturated rings. The summed E-state index contributed by atoms with van der Waals surface area (Å²) >= 11 is 0. The smallest absolute Gasteiger partial charge is 0.233 e. The molecule has 3 heterocycles. The Morgan fingerprint density at radius 3 is 1.77 bits per heavy atom. The van der Waals surface area contributed by atoms with Crippen molar-refractivity contribution in [2.75, 3.05) is 41.3 Å². The van der Waals surface area contributed by atoms with Crippen LogP contribution in [0.2, 0.25) is 0 Å². The van der Waals surface area contributed by atoms with E-state index in [2.05, 4.69) is 15.3 Å².